The van der Waals surface area contributed by atoms with Crippen LogP contribution in [0.15, 0.2) is 24.3 Å². The summed E-state index contributed by atoms with van der Waals surface area (Å²) >= 11 is 1.33. The van der Waals surface area contributed by atoms with E-state index in [1.54, 1.807) is 18.2 Å². The fraction of sp³-hybridized carbons (Fsp3) is 0.250. The van der Waals surface area contributed by atoms with Crippen LogP contribution in [-0.2, 0) is 17.6 Å². The number of nitrogens with one attached hydrogen (secondary N) is 1. The smallest absolute Gasteiger partial charge is 0.230 e. The number of carbonyl (C=O) groups is 1. The average Bonchev–Trinajstić information content (AvgIpc) is 2.80. The first-order chi connectivity index (χ1) is 8.69. The number of carbonyl (C=O) groups excluding carboxylic acids is 1. The van der Waals surface area contributed by atoms with E-state index in [9.17, 15) is 9.18 Å². The minimum atomic E-state index is -0.376. The van der Waals surface area contributed by atoms with Crippen LogP contribution < -0.4 is 5.32 Å². The van der Waals surface area contributed by atoms with Crippen LogP contribution in [0.5, 0.6) is 0 Å². The topological polar surface area (TPSA) is 54.9 Å². The molecule has 1 aromatic carbocycles. The highest BCUT2D eigenvalue weighted by molar-refractivity contribution is 7.15. The van der Waals surface area contributed by atoms with Crippen LogP contribution in [0.25, 0.3) is 0 Å². The highest BCUT2D eigenvalue weighted by Gasteiger charge is 2.10. The Hall–Kier alpha value is -1.82. The molecule has 6 heteroatoms. The zero-order chi connectivity index (χ0) is 13.0. The van der Waals surface area contributed by atoms with Gasteiger partial charge in [0, 0.05) is 0 Å². The standard InChI is InChI=1S/C12H12FN3OS/c1-2-11-15-16-12(18-11)14-10(17)7-8-5-3-4-6-9(8)13/h3-6H,2,7H2,1H3,(H,14,16,17). The van der Waals surface area contributed by atoms with Crippen LogP contribution in [-0.4, -0.2) is 16.1 Å². The fourth-order valence-electron chi connectivity index (χ4n) is 1.43. The molecule has 0 saturated carbocycles. The lowest BCUT2D eigenvalue weighted by molar-refractivity contribution is -0.115. The first kappa shape index (κ1) is 12.6. The van der Waals surface area contributed by atoms with E-state index in [1.165, 1.54) is 17.4 Å². The Kier molecular flexibility index (Phi) is 3.99. The third kappa shape index (κ3) is 3.10. The Balaban J connectivity index is 1.99. The van der Waals surface area contributed by atoms with Gasteiger partial charge in [-0.1, -0.05) is 36.5 Å². The van der Waals surface area contributed by atoms with Gasteiger partial charge in [-0.05, 0) is 18.1 Å². The molecule has 1 aromatic heterocycles. The van der Waals surface area contributed by atoms with Crippen LogP contribution in [0.1, 0.15) is 17.5 Å². The van der Waals surface area contributed by atoms with Crippen molar-refractivity contribution in [3.05, 3.63) is 40.7 Å². The quantitative estimate of drug-likeness (QED) is 0.923. The van der Waals surface area contributed by atoms with E-state index in [1.807, 2.05) is 6.92 Å². The number of aromatic nitrogens is 2. The molecule has 1 amide bonds. The normalized spacial score (nSPS) is 10.3. The highest BCUT2D eigenvalue weighted by atomic mass is 32.1. The van der Waals surface area contributed by atoms with Crippen molar-refractivity contribution in [2.45, 2.75) is 19.8 Å². The van der Waals surface area contributed by atoms with Crippen LogP contribution in [0.2, 0.25) is 0 Å². The summed E-state index contributed by atoms with van der Waals surface area (Å²) in [6.45, 7) is 1.96. The van der Waals surface area contributed by atoms with Gasteiger partial charge in [0.25, 0.3) is 0 Å². The van der Waals surface area contributed by atoms with Crippen molar-refractivity contribution in [3.8, 4) is 0 Å². The lowest BCUT2D eigenvalue weighted by Gasteiger charge is -2.02. The van der Waals surface area contributed by atoms with E-state index in [2.05, 4.69) is 15.5 Å². The van der Waals surface area contributed by atoms with Crippen molar-refractivity contribution in [3.63, 3.8) is 0 Å². The van der Waals surface area contributed by atoms with Gasteiger partial charge in [0.05, 0.1) is 6.42 Å². The second-order valence-electron chi connectivity index (χ2n) is 3.67. The van der Waals surface area contributed by atoms with Crippen molar-refractivity contribution in [2.24, 2.45) is 0 Å². The van der Waals surface area contributed by atoms with Gasteiger partial charge in [0.1, 0.15) is 10.8 Å². The first-order valence-corrected chi connectivity index (χ1v) is 6.36. The van der Waals surface area contributed by atoms with Crippen molar-refractivity contribution >= 4 is 22.4 Å². The van der Waals surface area contributed by atoms with Gasteiger partial charge in [0.15, 0.2) is 0 Å². The Morgan fingerprint density at radius 1 is 1.39 bits per heavy atom. The molecule has 2 rings (SSSR count). The molecule has 94 valence electrons. The second-order valence-corrected chi connectivity index (χ2v) is 4.73. The van der Waals surface area contributed by atoms with E-state index in [4.69, 9.17) is 0 Å². The third-order valence-corrected chi connectivity index (χ3v) is 3.31. The SMILES string of the molecule is CCc1nnc(NC(=O)Cc2ccccc2F)s1. The molecule has 1 N–H and O–H groups in total. The van der Waals surface area contributed by atoms with Gasteiger partial charge in [0.2, 0.25) is 11.0 Å². The minimum Gasteiger partial charge on any atom is -0.300 e. The first-order valence-electron chi connectivity index (χ1n) is 5.54. The number of rotatable bonds is 4. The maximum absolute atomic E-state index is 13.3. The summed E-state index contributed by atoms with van der Waals surface area (Å²) in [5, 5.41) is 11.6. The molecule has 0 spiro atoms. The number of hydrogen-bond acceptors (Lipinski definition) is 4. The molecule has 0 aliphatic heterocycles. The number of nitrogens with zero attached hydrogens (tertiary/aromatic N) is 2. The van der Waals surface area contributed by atoms with Crippen molar-refractivity contribution in [1.29, 1.82) is 0 Å². The predicted molar refractivity (Wildman–Crippen MR) is 68.0 cm³/mol. The monoisotopic (exact) mass is 265 g/mol. The molecular formula is C12H12FN3OS. The molecule has 0 fully saturated rings. The summed E-state index contributed by atoms with van der Waals surface area (Å²) in [7, 11) is 0. The van der Waals surface area contributed by atoms with Gasteiger partial charge in [-0.3, -0.25) is 4.79 Å². The Morgan fingerprint density at radius 2 is 2.17 bits per heavy atom. The summed E-state index contributed by atoms with van der Waals surface area (Å²) in [5.74, 6) is -0.668. The lowest BCUT2D eigenvalue weighted by Crippen LogP contribution is -2.15. The minimum absolute atomic E-state index is 0.00624. The van der Waals surface area contributed by atoms with Gasteiger partial charge in [-0.15, -0.1) is 10.2 Å². The van der Waals surface area contributed by atoms with E-state index < -0.39 is 0 Å². The maximum atomic E-state index is 13.3. The molecular weight excluding hydrogens is 253 g/mol. The van der Waals surface area contributed by atoms with Gasteiger partial charge in [-0.2, -0.15) is 0 Å². The predicted octanol–water partition coefficient (Wildman–Crippen LogP) is 2.42. The van der Waals surface area contributed by atoms with Crippen LogP contribution in [0.3, 0.4) is 0 Å². The molecule has 0 aliphatic carbocycles. The summed E-state index contributed by atoms with van der Waals surface area (Å²) in [6.07, 6.45) is 0.772. The molecule has 0 bridgehead atoms. The zero-order valence-electron chi connectivity index (χ0n) is 9.81. The summed E-state index contributed by atoms with van der Waals surface area (Å²) in [4.78, 5) is 11.7. The molecule has 0 unspecified atom stereocenters. The van der Waals surface area contributed by atoms with Crippen LogP contribution in [0.4, 0.5) is 9.52 Å². The molecule has 1 heterocycles. The maximum Gasteiger partial charge on any atom is 0.230 e. The number of halogens is 1. The number of amides is 1. The third-order valence-electron chi connectivity index (χ3n) is 2.32. The Bertz CT molecular complexity index is 556. The zero-order valence-corrected chi connectivity index (χ0v) is 10.6. The lowest BCUT2D eigenvalue weighted by atomic mass is 10.1. The van der Waals surface area contributed by atoms with Crippen LogP contribution >= 0.6 is 11.3 Å². The number of aryl methyl sites for hydroxylation is 1. The van der Waals surface area contributed by atoms with E-state index >= 15 is 0 Å². The van der Waals surface area contributed by atoms with Crippen molar-refractivity contribution in [2.75, 3.05) is 5.32 Å². The fourth-order valence-corrected chi connectivity index (χ4v) is 2.12. The summed E-state index contributed by atoms with van der Waals surface area (Å²) in [5.41, 5.74) is 0.371. The molecule has 4 nitrogen and oxygen atoms in total. The average molecular weight is 265 g/mol. The highest BCUT2D eigenvalue weighted by Crippen LogP contribution is 2.16. The largest absolute Gasteiger partial charge is 0.300 e. The van der Waals surface area contributed by atoms with Crippen molar-refractivity contribution in [1.82, 2.24) is 10.2 Å². The van der Waals surface area contributed by atoms with Gasteiger partial charge >= 0.3 is 0 Å². The van der Waals surface area contributed by atoms with Gasteiger partial charge in [-0.25, -0.2) is 4.39 Å². The van der Waals surface area contributed by atoms with Gasteiger partial charge < -0.3 is 5.32 Å². The summed E-state index contributed by atoms with van der Waals surface area (Å²) < 4.78 is 13.3. The van der Waals surface area contributed by atoms with Crippen LogP contribution in [0, 0.1) is 5.82 Å². The Labute approximate surface area is 108 Å². The molecule has 0 atom stereocenters. The summed E-state index contributed by atoms with van der Waals surface area (Å²) in [6, 6.07) is 6.22. The van der Waals surface area contributed by atoms with Crippen molar-refractivity contribution < 1.29 is 9.18 Å². The molecule has 0 radical (unpaired) electrons. The molecule has 2 aromatic rings. The van der Waals surface area contributed by atoms with E-state index in [0.717, 1.165) is 11.4 Å². The second kappa shape index (κ2) is 5.68. The van der Waals surface area contributed by atoms with E-state index in [0.29, 0.717) is 10.7 Å². The molecule has 0 aliphatic rings. The number of hydrogen-bond donors (Lipinski definition) is 1. The molecule has 0 saturated heterocycles. The Morgan fingerprint density at radius 3 is 2.83 bits per heavy atom. The van der Waals surface area contributed by atoms with E-state index in [-0.39, 0.29) is 18.1 Å². The molecule has 18 heavy (non-hydrogen) atoms. The number of anilines is 1. The number of benzene rings is 1.